The van der Waals surface area contributed by atoms with Crippen LogP contribution in [0.2, 0.25) is 0 Å². The molecule has 0 radical (unpaired) electrons. The van der Waals surface area contributed by atoms with Crippen molar-refractivity contribution >= 4 is 53.4 Å². The largest absolute Gasteiger partial charge is 0.456 e. The minimum Gasteiger partial charge on any atom is -0.456 e. The lowest BCUT2D eigenvalue weighted by atomic mass is 9.95. The first-order valence-corrected chi connectivity index (χ1v) is 15.4. The average molecular weight is 582 g/mol. The molecule has 4 nitrogen and oxygen atoms in total. The molecular weight excluding hydrogens is 559 g/mol. The second-order valence-corrected chi connectivity index (χ2v) is 11.8. The summed E-state index contributed by atoms with van der Waals surface area (Å²) in [5.41, 5.74) is 6.74. The predicted octanol–water partition coefficient (Wildman–Crippen LogP) is 10.8. The molecule has 206 valence electrons. The number of aromatic nitrogens is 3. The monoisotopic (exact) mass is 581 g/mol. The smallest absolute Gasteiger partial charge is 0.165 e. The quantitative estimate of drug-likeness (QED) is 0.207. The molecule has 0 amide bonds. The Morgan fingerprint density at radius 1 is 0.409 bits per heavy atom. The highest BCUT2D eigenvalue weighted by molar-refractivity contribution is 7.26. The van der Waals surface area contributed by atoms with Gasteiger partial charge in [-0.3, -0.25) is 0 Å². The molecule has 0 saturated heterocycles. The van der Waals surface area contributed by atoms with Crippen LogP contribution in [0.25, 0.3) is 87.4 Å². The zero-order valence-corrected chi connectivity index (χ0v) is 24.3. The van der Waals surface area contributed by atoms with E-state index in [1.165, 1.54) is 20.2 Å². The third kappa shape index (κ3) is 3.94. The number of thiophene rings is 1. The molecule has 44 heavy (non-hydrogen) atoms. The van der Waals surface area contributed by atoms with E-state index >= 15 is 0 Å². The molecule has 3 aromatic heterocycles. The van der Waals surface area contributed by atoms with E-state index in [1.54, 1.807) is 11.3 Å². The number of fused-ring (bicyclic) bond motifs is 6. The van der Waals surface area contributed by atoms with Crippen LogP contribution in [-0.4, -0.2) is 15.0 Å². The molecule has 0 aliphatic carbocycles. The fourth-order valence-corrected chi connectivity index (χ4v) is 7.38. The normalized spacial score (nSPS) is 11.6. The maximum absolute atomic E-state index is 6.24. The van der Waals surface area contributed by atoms with Crippen molar-refractivity contribution in [2.75, 3.05) is 0 Å². The Hall–Kier alpha value is -5.65. The molecule has 0 aliphatic rings. The van der Waals surface area contributed by atoms with E-state index in [0.717, 1.165) is 49.8 Å². The van der Waals surface area contributed by atoms with Crippen LogP contribution in [0.4, 0.5) is 0 Å². The van der Waals surface area contributed by atoms with E-state index in [-0.39, 0.29) is 0 Å². The first-order valence-electron chi connectivity index (χ1n) is 14.5. The van der Waals surface area contributed by atoms with Crippen LogP contribution >= 0.6 is 11.3 Å². The molecule has 0 atom stereocenters. The number of hydrogen-bond donors (Lipinski definition) is 0. The summed E-state index contributed by atoms with van der Waals surface area (Å²) in [6.07, 6.45) is 0. The minimum absolute atomic E-state index is 0.632. The Morgan fingerprint density at radius 2 is 1.00 bits per heavy atom. The first kappa shape index (κ1) is 24.9. The summed E-state index contributed by atoms with van der Waals surface area (Å²) < 4.78 is 8.66. The van der Waals surface area contributed by atoms with E-state index in [2.05, 4.69) is 78.9 Å². The lowest BCUT2D eigenvalue weighted by molar-refractivity contribution is 0.669. The van der Waals surface area contributed by atoms with Crippen LogP contribution in [0.5, 0.6) is 0 Å². The van der Waals surface area contributed by atoms with Crippen molar-refractivity contribution < 1.29 is 4.42 Å². The molecule has 0 aliphatic heterocycles. The highest BCUT2D eigenvalue weighted by atomic mass is 32.1. The standard InChI is InChI=1S/C39H23N3OS/c1-2-12-24(13-3-1)37-40-38(42-39(41-37)31-20-10-19-28-26-15-7-9-23-34(26)44-36(28)31)29-16-5-4-14-25(29)27-18-11-22-33-35(27)30-17-6-8-21-32(30)43-33/h1-23H. The number of furan rings is 1. The fourth-order valence-electron chi connectivity index (χ4n) is 6.17. The van der Waals surface area contributed by atoms with Gasteiger partial charge in [0.15, 0.2) is 17.5 Å². The van der Waals surface area contributed by atoms with Crippen molar-refractivity contribution in [2.24, 2.45) is 0 Å². The summed E-state index contributed by atoms with van der Waals surface area (Å²) in [7, 11) is 0. The molecule has 0 spiro atoms. The van der Waals surface area contributed by atoms with Crippen LogP contribution in [0.1, 0.15) is 0 Å². The first-order chi connectivity index (χ1) is 21.8. The zero-order chi connectivity index (χ0) is 29.0. The van der Waals surface area contributed by atoms with Gasteiger partial charge in [-0.1, -0.05) is 115 Å². The summed E-state index contributed by atoms with van der Waals surface area (Å²) in [5.74, 6) is 1.94. The van der Waals surface area contributed by atoms with Crippen molar-refractivity contribution in [3.05, 3.63) is 140 Å². The maximum atomic E-state index is 6.24. The van der Waals surface area contributed by atoms with Crippen molar-refractivity contribution in [2.45, 2.75) is 0 Å². The molecule has 9 rings (SSSR count). The number of hydrogen-bond acceptors (Lipinski definition) is 5. The van der Waals surface area contributed by atoms with Crippen LogP contribution in [0, 0.1) is 0 Å². The van der Waals surface area contributed by atoms with Gasteiger partial charge in [0.1, 0.15) is 11.2 Å². The lowest BCUT2D eigenvalue weighted by Gasteiger charge is -2.13. The van der Waals surface area contributed by atoms with E-state index in [4.69, 9.17) is 19.4 Å². The Balaban J connectivity index is 1.32. The highest BCUT2D eigenvalue weighted by Crippen LogP contribution is 2.42. The van der Waals surface area contributed by atoms with Crippen molar-refractivity contribution in [3.8, 4) is 45.3 Å². The topological polar surface area (TPSA) is 51.8 Å². The van der Waals surface area contributed by atoms with Crippen LogP contribution < -0.4 is 0 Å². The van der Waals surface area contributed by atoms with Gasteiger partial charge in [0.25, 0.3) is 0 Å². The van der Waals surface area contributed by atoms with Gasteiger partial charge in [-0.25, -0.2) is 15.0 Å². The average Bonchev–Trinajstić information content (AvgIpc) is 3.67. The van der Waals surface area contributed by atoms with Crippen molar-refractivity contribution in [1.29, 1.82) is 0 Å². The Kier molecular flexibility index (Phi) is 5.64. The molecular formula is C39H23N3OS. The molecule has 0 fully saturated rings. The van der Waals surface area contributed by atoms with Crippen LogP contribution in [0.15, 0.2) is 144 Å². The fraction of sp³-hybridized carbons (Fsp3) is 0. The summed E-state index contributed by atoms with van der Waals surface area (Å²) in [6.45, 7) is 0. The molecule has 5 heteroatoms. The number of benzene rings is 6. The van der Waals surface area contributed by atoms with Gasteiger partial charge in [-0.05, 0) is 35.4 Å². The Bertz CT molecular complexity index is 2510. The zero-order valence-electron chi connectivity index (χ0n) is 23.4. The Morgan fingerprint density at radius 3 is 1.89 bits per heavy atom. The highest BCUT2D eigenvalue weighted by Gasteiger charge is 2.20. The van der Waals surface area contributed by atoms with E-state index in [1.807, 2.05) is 60.7 Å². The van der Waals surface area contributed by atoms with Crippen molar-refractivity contribution in [3.63, 3.8) is 0 Å². The lowest BCUT2D eigenvalue weighted by Crippen LogP contribution is -2.01. The third-order valence-corrected chi connectivity index (χ3v) is 9.39. The molecule has 6 aromatic carbocycles. The van der Waals surface area contributed by atoms with E-state index in [0.29, 0.717) is 17.5 Å². The van der Waals surface area contributed by atoms with Gasteiger partial charge in [-0.2, -0.15) is 0 Å². The van der Waals surface area contributed by atoms with Gasteiger partial charge >= 0.3 is 0 Å². The van der Waals surface area contributed by atoms with Crippen LogP contribution in [-0.2, 0) is 0 Å². The SMILES string of the molecule is c1ccc(-c2nc(-c3ccccc3-c3cccc4oc5ccccc5c34)nc(-c3cccc4c3sc3ccccc34)n2)cc1. The summed E-state index contributed by atoms with van der Waals surface area (Å²) in [6, 6.07) is 47.9. The summed E-state index contributed by atoms with van der Waals surface area (Å²) in [5, 5.41) is 4.64. The molecule has 0 N–H and O–H groups in total. The van der Waals surface area contributed by atoms with Gasteiger partial charge in [0, 0.05) is 47.6 Å². The second-order valence-electron chi connectivity index (χ2n) is 10.8. The molecule has 9 aromatic rings. The number of nitrogens with zero attached hydrogens (tertiary/aromatic N) is 3. The van der Waals surface area contributed by atoms with Gasteiger partial charge < -0.3 is 4.42 Å². The molecule has 0 bridgehead atoms. The van der Waals surface area contributed by atoms with E-state index in [9.17, 15) is 0 Å². The van der Waals surface area contributed by atoms with Crippen molar-refractivity contribution in [1.82, 2.24) is 15.0 Å². The number of rotatable bonds is 4. The van der Waals surface area contributed by atoms with Gasteiger partial charge in [0.05, 0.1) is 0 Å². The molecule has 3 heterocycles. The second kappa shape index (κ2) is 9.97. The van der Waals surface area contributed by atoms with E-state index < -0.39 is 0 Å². The van der Waals surface area contributed by atoms with Gasteiger partial charge in [-0.15, -0.1) is 11.3 Å². The predicted molar refractivity (Wildman–Crippen MR) is 182 cm³/mol. The third-order valence-electron chi connectivity index (χ3n) is 8.17. The minimum atomic E-state index is 0.632. The summed E-state index contributed by atoms with van der Waals surface area (Å²) >= 11 is 1.78. The Labute approximate surface area is 256 Å². The summed E-state index contributed by atoms with van der Waals surface area (Å²) in [4.78, 5) is 15.4. The maximum Gasteiger partial charge on any atom is 0.165 e. The number of para-hydroxylation sites is 1. The molecule has 0 unspecified atom stereocenters. The molecule has 0 saturated carbocycles. The van der Waals surface area contributed by atoms with Crippen LogP contribution in [0.3, 0.4) is 0 Å². The van der Waals surface area contributed by atoms with Gasteiger partial charge in [0.2, 0.25) is 0 Å².